The molecular weight excluding hydrogens is 246 g/mol. The van der Waals surface area contributed by atoms with E-state index in [9.17, 15) is 4.79 Å². The summed E-state index contributed by atoms with van der Waals surface area (Å²) in [6, 6.07) is 18.1. The number of Topliss-reactive ketones (excluding diaryl/α,β-unsaturated/α-hetero) is 1. The van der Waals surface area contributed by atoms with Crippen LogP contribution in [0.25, 0.3) is 11.1 Å². The summed E-state index contributed by atoms with van der Waals surface area (Å²) < 4.78 is 0. The summed E-state index contributed by atoms with van der Waals surface area (Å²) in [7, 11) is 0. The molecule has 0 radical (unpaired) electrons. The van der Waals surface area contributed by atoms with Gasteiger partial charge < -0.3 is 5.73 Å². The topological polar surface area (TPSA) is 43.1 Å². The molecule has 0 fully saturated rings. The lowest BCUT2D eigenvalue weighted by atomic mass is 9.95. The number of benzene rings is 2. The first-order valence-electron chi connectivity index (χ1n) is 7.01. The standard InChI is InChI=1S/C18H21NO/c1-13(2)18(20)17(19)12-14-8-10-16(11-9-14)15-6-4-3-5-7-15/h3-11,13,17H,12,19H2,1-2H3/t17-/m0/s1. The molecule has 0 saturated carbocycles. The van der Waals surface area contributed by atoms with Gasteiger partial charge in [-0.3, -0.25) is 4.79 Å². The predicted molar refractivity (Wildman–Crippen MR) is 83.4 cm³/mol. The molecule has 0 heterocycles. The van der Waals surface area contributed by atoms with Gasteiger partial charge in [-0.2, -0.15) is 0 Å². The molecule has 2 N–H and O–H groups in total. The smallest absolute Gasteiger partial charge is 0.152 e. The average molecular weight is 267 g/mol. The van der Waals surface area contributed by atoms with Crippen LogP contribution in [0.4, 0.5) is 0 Å². The molecule has 20 heavy (non-hydrogen) atoms. The normalized spacial score (nSPS) is 12.4. The van der Waals surface area contributed by atoms with Crippen LogP contribution in [0, 0.1) is 5.92 Å². The van der Waals surface area contributed by atoms with Gasteiger partial charge in [-0.15, -0.1) is 0 Å². The van der Waals surface area contributed by atoms with E-state index in [0.29, 0.717) is 6.42 Å². The van der Waals surface area contributed by atoms with Crippen molar-refractivity contribution in [3.63, 3.8) is 0 Å². The van der Waals surface area contributed by atoms with E-state index in [1.807, 2.05) is 32.0 Å². The molecule has 0 aromatic heterocycles. The number of carbonyl (C=O) groups excluding carboxylic acids is 1. The van der Waals surface area contributed by atoms with Crippen molar-refractivity contribution < 1.29 is 4.79 Å². The maximum Gasteiger partial charge on any atom is 0.152 e. The fourth-order valence-corrected chi connectivity index (χ4v) is 2.25. The van der Waals surface area contributed by atoms with E-state index < -0.39 is 6.04 Å². The second-order valence-electron chi connectivity index (χ2n) is 5.43. The van der Waals surface area contributed by atoms with E-state index in [0.717, 1.165) is 5.56 Å². The number of hydrogen-bond acceptors (Lipinski definition) is 2. The largest absolute Gasteiger partial charge is 0.321 e. The molecule has 2 aromatic carbocycles. The van der Waals surface area contributed by atoms with Gasteiger partial charge >= 0.3 is 0 Å². The van der Waals surface area contributed by atoms with Crippen LogP contribution in [-0.2, 0) is 11.2 Å². The van der Waals surface area contributed by atoms with Gasteiger partial charge in [-0.25, -0.2) is 0 Å². The molecule has 0 unspecified atom stereocenters. The minimum absolute atomic E-state index is 0.00593. The summed E-state index contributed by atoms with van der Waals surface area (Å²) in [5.74, 6) is 0.116. The molecule has 0 bridgehead atoms. The number of hydrogen-bond donors (Lipinski definition) is 1. The highest BCUT2D eigenvalue weighted by molar-refractivity contribution is 5.85. The highest BCUT2D eigenvalue weighted by Crippen LogP contribution is 2.19. The lowest BCUT2D eigenvalue weighted by Gasteiger charge is -2.13. The van der Waals surface area contributed by atoms with Crippen LogP contribution in [0.2, 0.25) is 0 Å². The Kier molecular flexibility index (Phi) is 4.70. The van der Waals surface area contributed by atoms with Gasteiger partial charge in [0.1, 0.15) is 0 Å². The number of nitrogens with two attached hydrogens (primary N) is 1. The molecule has 0 aliphatic heterocycles. The van der Waals surface area contributed by atoms with E-state index in [-0.39, 0.29) is 11.7 Å². The molecule has 2 nitrogen and oxygen atoms in total. The summed E-state index contributed by atoms with van der Waals surface area (Å²) >= 11 is 0. The van der Waals surface area contributed by atoms with Crippen molar-refractivity contribution in [1.29, 1.82) is 0 Å². The van der Waals surface area contributed by atoms with Gasteiger partial charge in [0.15, 0.2) is 5.78 Å². The summed E-state index contributed by atoms with van der Waals surface area (Å²) in [6.07, 6.45) is 0.603. The first-order valence-corrected chi connectivity index (χ1v) is 7.01. The zero-order chi connectivity index (χ0) is 14.5. The Morgan fingerprint density at radius 1 is 0.950 bits per heavy atom. The zero-order valence-corrected chi connectivity index (χ0v) is 12.0. The van der Waals surface area contributed by atoms with Gasteiger partial charge in [0.2, 0.25) is 0 Å². The number of carbonyl (C=O) groups is 1. The van der Waals surface area contributed by atoms with Gasteiger partial charge in [-0.1, -0.05) is 68.4 Å². The minimum Gasteiger partial charge on any atom is -0.321 e. The molecule has 104 valence electrons. The molecular formula is C18H21NO. The van der Waals surface area contributed by atoms with Crippen LogP contribution in [0.15, 0.2) is 54.6 Å². The van der Waals surface area contributed by atoms with E-state index in [1.54, 1.807) is 0 Å². The SMILES string of the molecule is CC(C)C(=O)[C@@H](N)Cc1ccc(-c2ccccc2)cc1. The number of rotatable bonds is 5. The molecule has 0 aliphatic carbocycles. The summed E-state index contributed by atoms with van der Waals surface area (Å²) in [4.78, 5) is 11.8. The lowest BCUT2D eigenvalue weighted by molar-refractivity contribution is -0.123. The molecule has 0 aliphatic rings. The van der Waals surface area contributed by atoms with Gasteiger partial charge in [0.25, 0.3) is 0 Å². The van der Waals surface area contributed by atoms with Crippen LogP contribution in [0.3, 0.4) is 0 Å². The van der Waals surface area contributed by atoms with Crippen molar-refractivity contribution in [2.45, 2.75) is 26.3 Å². The fraction of sp³-hybridized carbons (Fsp3) is 0.278. The second kappa shape index (κ2) is 6.49. The predicted octanol–water partition coefficient (Wildman–Crippen LogP) is 3.45. The molecule has 0 spiro atoms. The summed E-state index contributed by atoms with van der Waals surface area (Å²) in [5.41, 5.74) is 9.43. The Balaban J connectivity index is 2.07. The van der Waals surface area contributed by atoms with Crippen molar-refractivity contribution in [3.05, 3.63) is 60.2 Å². The van der Waals surface area contributed by atoms with Crippen LogP contribution < -0.4 is 5.73 Å². The lowest BCUT2D eigenvalue weighted by Crippen LogP contribution is -2.35. The van der Waals surface area contributed by atoms with Crippen LogP contribution >= 0.6 is 0 Å². The second-order valence-corrected chi connectivity index (χ2v) is 5.43. The van der Waals surface area contributed by atoms with E-state index in [4.69, 9.17) is 5.73 Å². The maximum absolute atomic E-state index is 11.8. The molecule has 0 amide bonds. The van der Waals surface area contributed by atoms with Crippen molar-refractivity contribution in [2.75, 3.05) is 0 Å². The molecule has 2 rings (SSSR count). The summed E-state index contributed by atoms with van der Waals surface area (Å²) in [6.45, 7) is 3.78. The molecule has 2 aromatic rings. The van der Waals surface area contributed by atoms with E-state index in [2.05, 4.69) is 36.4 Å². The van der Waals surface area contributed by atoms with Crippen molar-refractivity contribution in [2.24, 2.45) is 11.7 Å². The Morgan fingerprint density at radius 3 is 2.05 bits per heavy atom. The third-order valence-corrected chi connectivity index (χ3v) is 3.45. The third kappa shape index (κ3) is 3.55. The fourth-order valence-electron chi connectivity index (χ4n) is 2.25. The third-order valence-electron chi connectivity index (χ3n) is 3.45. The minimum atomic E-state index is -0.405. The van der Waals surface area contributed by atoms with Crippen molar-refractivity contribution in [3.8, 4) is 11.1 Å². The Morgan fingerprint density at radius 2 is 1.50 bits per heavy atom. The maximum atomic E-state index is 11.8. The van der Waals surface area contributed by atoms with Crippen LogP contribution in [-0.4, -0.2) is 11.8 Å². The van der Waals surface area contributed by atoms with Gasteiger partial charge in [-0.05, 0) is 23.1 Å². The van der Waals surface area contributed by atoms with Gasteiger partial charge in [0.05, 0.1) is 6.04 Å². The van der Waals surface area contributed by atoms with Crippen LogP contribution in [0.5, 0.6) is 0 Å². The van der Waals surface area contributed by atoms with E-state index >= 15 is 0 Å². The molecule has 0 saturated heterocycles. The molecule has 1 atom stereocenters. The zero-order valence-electron chi connectivity index (χ0n) is 12.0. The Hall–Kier alpha value is -1.93. The van der Waals surface area contributed by atoms with E-state index in [1.165, 1.54) is 11.1 Å². The average Bonchev–Trinajstić information content (AvgIpc) is 2.48. The molecule has 2 heteroatoms. The van der Waals surface area contributed by atoms with Crippen LogP contribution in [0.1, 0.15) is 19.4 Å². The first kappa shape index (κ1) is 14.5. The first-order chi connectivity index (χ1) is 9.58. The Labute approximate surface area is 120 Å². The highest BCUT2D eigenvalue weighted by Gasteiger charge is 2.17. The monoisotopic (exact) mass is 267 g/mol. The number of ketones is 1. The van der Waals surface area contributed by atoms with Crippen molar-refractivity contribution in [1.82, 2.24) is 0 Å². The van der Waals surface area contributed by atoms with Gasteiger partial charge in [0, 0.05) is 5.92 Å². The quantitative estimate of drug-likeness (QED) is 0.901. The summed E-state index contributed by atoms with van der Waals surface area (Å²) in [5, 5.41) is 0. The van der Waals surface area contributed by atoms with Crippen molar-refractivity contribution >= 4 is 5.78 Å². The highest BCUT2D eigenvalue weighted by atomic mass is 16.1. The Bertz CT molecular complexity index is 558.